The second kappa shape index (κ2) is 9.31. The molecule has 0 saturated heterocycles. The van der Waals surface area contributed by atoms with Crippen LogP contribution in [0.3, 0.4) is 0 Å². The summed E-state index contributed by atoms with van der Waals surface area (Å²) in [5, 5.41) is 0. The molecule has 1 unspecified atom stereocenters. The molecule has 2 rings (SSSR count). The Morgan fingerprint density at radius 2 is 1.56 bits per heavy atom. The molecule has 0 aliphatic rings. The number of methoxy groups -OCH3 is 3. The monoisotopic (exact) mass is 372 g/mol. The number of rotatable bonds is 8. The quantitative estimate of drug-likeness (QED) is 0.500. The molecule has 0 amide bonds. The van der Waals surface area contributed by atoms with Crippen LogP contribution in [-0.4, -0.2) is 27.3 Å². The molecule has 0 spiro atoms. The molecule has 0 fully saturated rings. The molecule has 0 heterocycles. The van der Waals surface area contributed by atoms with Gasteiger partial charge in [-0.2, -0.15) is 0 Å². The molecule has 0 radical (unpaired) electrons. The average molecular weight is 372 g/mol. The smallest absolute Gasteiger partial charge is 0.314 e. The highest BCUT2D eigenvalue weighted by Gasteiger charge is 2.20. The van der Waals surface area contributed by atoms with Crippen LogP contribution < -0.4 is 18.9 Å². The van der Waals surface area contributed by atoms with Crippen molar-refractivity contribution in [2.45, 2.75) is 33.1 Å². The Kier molecular flexibility index (Phi) is 7.11. The van der Waals surface area contributed by atoms with Crippen molar-refractivity contribution < 1.29 is 23.7 Å². The number of ether oxygens (including phenoxy) is 4. The van der Waals surface area contributed by atoms with Gasteiger partial charge >= 0.3 is 5.97 Å². The molecular weight excluding hydrogens is 344 g/mol. The van der Waals surface area contributed by atoms with Crippen LogP contribution in [0.2, 0.25) is 0 Å². The normalized spacial score (nSPS) is 11.8. The molecule has 5 nitrogen and oxygen atoms in total. The topological polar surface area (TPSA) is 54.0 Å². The Bertz CT molecular complexity index is 757. The minimum absolute atomic E-state index is 0.273. The lowest BCUT2D eigenvalue weighted by Gasteiger charge is -2.16. The van der Waals surface area contributed by atoms with Crippen LogP contribution in [0.15, 0.2) is 36.4 Å². The highest BCUT2D eigenvalue weighted by Crippen LogP contribution is 2.38. The maximum Gasteiger partial charge on any atom is 0.314 e. The van der Waals surface area contributed by atoms with Crippen molar-refractivity contribution in [3.8, 4) is 23.0 Å². The van der Waals surface area contributed by atoms with Crippen molar-refractivity contribution >= 4 is 5.97 Å². The van der Waals surface area contributed by atoms with Crippen LogP contribution in [0.1, 0.15) is 37.8 Å². The van der Waals surface area contributed by atoms with Crippen molar-refractivity contribution in [1.29, 1.82) is 0 Å². The maximum absolute atomic E-state index is 12.5. The standard InChI is InChI=1S/C22H28O5/c1-14(2)17-8-7-9-18(13-17)27-22(23)15(3)10-16-11-19(24-4)21(26-6)20(12-16)25-5/h7-9,11-15H,10H2,1-6H3. The fourth-order valence-electron chi connectivity index (χ4n) is 2.84. The third-order valence-corrected chi connectivity index (χ3v) is 4.41. The summed E-state index contributed by atoms with van der Waals surface area (Å²) in [5.74, 6) is 2.02. The lowest BCUT2D eigenvalue weighted by molar-refractivity contribution is -0.138. The van der Waals surface area contributed by atoms with E-state index in [2.05, 4.69) is 13.8 Å². The Labute approximate surface area is 161 Å². The summed E-state index contributed by atoms with van der Waals surface area (Å²) in [5.41, 5.74) is 2.04. The molecule has 0 aromatic heterocycles. The number of esters is 1. The summed E-state index contributed by atoms with van der Waals surface area (Å²) in [6.07, 6.45) is 0.499. The molecule has 0 saturated carbocycles. The number of carbonyl (C=O) groups is 1. The van der Waals surface area contributed by atoms with E-state index in [0.29, 0.717) is 35.3 Å². The zero-order valence-electron chi connectivity index (χ0n) is 16.9. The van der Waals surface area contributed by atoms with Gasteiger partial charge in [-0.05, 0) is 47.7 Å². The molecular formula is C22H28O5. The Morgan fingerprint density at radius 3 is 2.07 bits per heavy atom. The number of benzene rings is 2. The Hall–Kier alpha value is -2.69. The highest BCUT2D eigenvalue weighted by molar-refractivity contribution is 5.75. The molecule has 2 aromatic carbocycles. The van der Waals surface area contributed by atoms with Gasteiger partial charge in [0, 0.05) is 0 Å². The van der Waals surface area contributed by atoms with Crippen molar-refractivity contribution in [3.05, 3.63) is 47.5 Å². The van der Waals surface area contributed by atoms with Crippen LogP contribution in [-0.2, 0) is 11.2 Å². The summed E-state index contributed by atoms with van der Waals surface area (Å²) in [6.45, 7) is 6.06. The second-order valence-corrected chi connectivity index (χ2v) is 6.79. The number of hydrogen-bond acceptors (Lipinski definition) is 5. The van der Waals surface area contributed by atoms with Crippen LogP contribution in [0, 0.1) is 5.92 Å². The third kappa shape index (κ3) is 5.16. The molecule has 5 heteroatoms. The molecule has 0 aliphatic carbocycles. The Balaban J connectivity index is 2.13. The van der Waals surface area contributed by atoms with E-state index in [9.17, 15) is 4.79 Å². The predicted octanol–water partition coefficient (Wildman–Crippen LogP) is 4.62. The van der Waals surface area contributed by atoms with E-state index < -0.39 is 0 Å². The SMILES string of the molecule is COc1cc(CC(C)C(=O)Oc2cccc(C(C)C)c2)cc(OC)c1OC. The van der Waals surface area contributed by atoms with Crippen molar-refractivity contribution in [2.75, 3.05) is 21.3 Å². The molecule has 2 aromatic rings. The fraction of sp³-hybridized carbons (Fsp3) is 0.409. The molecule has 0 bridgehead atoms. The summed E-state index contributed by atoms with van der Waals surface area (Å²) < 4.78 is 21.6. The molecule has 0 N–H and O–H groups in total. The molecule has 146 valence electrons. The van der Waals surface area contributed by atoms with Gasteiger partial charge in [0.05, 0.1) is 27.2 Å². The molecule has 0 aliphatic heterocycles. The minimum Gasteiger partial charge on any atom is -0.493 e. The Morgan fingerprint density at radius 1 is 0.926 bits per heavy atom. The lowest BCUT2D eigenvalue weighted by atomic mass is 10.00. The van der Waals surface area contributed by atoms with E-state index in [-0.39, 0.29) is 11.9 Å². The minimum atomic E-state index is -0.324. The third-order valence-electron chi connectivity index (χ3n) is 4.41. The summed E-state index contributed by atoms with van der Waals surface area (Å²) in [4.78, 5) is 12.5. The van der Waals surface area contributed by atoms with E-state index in [4.69, 9.17) is 18.9 Å². The van der Waals surface area contributed by atoms with Gasteiger partial charge in [-0.25, -0.2) is 0 Å². The van der Waals surface area contributed by atoms with Gasteiger partial charge in [-0.15, -0.1) is 0 Å². The van der Waals surface area contributed by atoms with E-state index in [0.717, 1.165) is 11.1 Å². The van der Waals surface area contributed by atoms with Crippen LogP contribution in [0.25, 0.3) is 0 Å². The number of hydrogen-bond donors (Lipinski definition) is 0. The van der Waals surface area contributed by atoms with Gasteiger partial charge in [0.15, 0.2) is 11.5 Å². The summed E-state index contributed by atoms with van der Waals surface area (Å²) >= 11 is 0. The highest BCUT2D eigenvalue weighted by atomic mass is 16.5. The van der Waals surface area contributed by atoms with Gasteiger partial charge in [0.25, 0.3) is 0 Å². The lowest BCUT2D eigenvalue weighted by Crippen LogP contribution is -2.20. The fourth-order valence-corrected chi connectivity index (χ4v) is 2.84. The van der Waals surface area contributed by atoms with Crippen LogP contribution in [0.5, 0.6) is 23.0 Å². The molecule has 27 heavy (non-hydrogen) atoms. The first-order valence-corrected chi connectivity index (χ1v) is 9.00. The van der Waals surface area contributed by atoms with E-state index in [1.807, 2.05) is 37.3 Å². The molecule has 1 atom stereocenters. The van der Waals surface area contributed by atoms with Crippen molar-refractivity contribution in [2.24, 2.45) is 5.92 Å². The largest absolute Gasteiger partial charge is 0.493 e. The first kappa shape index (κ1) is 20.6. The zero-order valence-corrected chi connectivity index (χ0v) is 16.9. The van der Waals surface area contributed by atoms with E-state index in [1.54, 1.807) is 27.4 Å². The maximum atomic E-state index is 12.5. The predicted molar refractivity (Wildman–Crippen MR) is 105 cm³/mol. The van der Waals surface area contributed by atoms with Crippen LogP contribution >= 0.6 is 0 Å². The average Bonchev–Trinajstić information content (AvgIpc) is 2.67. The van der Waals surface area contributed by atoms with Gasteiger partial charge < -0.3 is 18.9 Å². The number of carbonyl (C=O) groups excluding carboxylic acids is 1. The van der Waals surface area contributed by atoms with Gasteiger partial charge in [-0.3, -0.25) is 4.79 Å². The summed E-state index contributed by atoms with van der Waals surface area (Å²) in [6, 6.07) is 11.4. The van der Waals surface area contributed by atoms with Crippen molar-refractivity contribution in [1.82, 2.24) is 0 Å². The second-order valence-electron chi connectivity index (χ2n) is 6.79. The van der Waals surface area contributed by atoms with E-state index >= 15 is 0 Å². The van der Waals surface area contributed by atoms with Gasteiger partial charge in [0.1, 0.15) is 5.75 Å². The van der Waals surface area contributed by atoms with Crippen LogP contribution in [0.4, 0.5) is 0 Å². The first-order valence-electron chi connectivity index (χ1n) is 9.00. The van der Waals surface area contributed by atoms with Gasteiger partial charge in [0.2, 0.25) is 5.75 Å². The zero-order chi connectivity index (χ0) is 20.0. The van der Waals surface area contributed by atoms with E-state index in [1.165, 1.54) is 0 Å². The van der Waals surface area contributed by atoms with Crippen molar-refractivity contribution in [3.63, 3.8) is 0 Å². The first-order chi connectivity index (χ1) is 12.9. The summed E-state index contributed by atoms with van der Waals surface area (Å²) in [7, 11) is 4.70. The van der Waals surface area contributed by atoms with Gasteiger partial charge in [-0.1, -0.05) is 32.9 Å².